The minimum atomic E-state index is 0.443. The van der Waals surface area contributed by atoms with Gasteiger partial charge in [-0.1, -0.05) is 30.4 Å². The van der Waals surface area contributed by atoms with Crippen molar-refractivity contribution in [1.82, 2.24) is 15.0 Å². The lowest BCUT2D eigenvalue weighted by Crippen LogP contribution is -2.09. The standard InChI is InChI=1S/C27H33N5/c1-9-11-21-12-16(4)24(17(5)13-21)22(10-2)25-19(7)26(28)32-27(31-25)30-23-14-15(3)18(6)20(8)29-23/h9-14H,1-8H3,(H3,28,29,30,31,32)/b11-9+,22-10-. The predicted molar refractivity (Wildman–Crippen MR) is 136 cm³/mol. The molecule has 1 aromatic carbocycles. The Hall–Kier alpha value is -3.47. The molecule has 2 heterocycles. The third kappa shape index (κ3) is 4.57. The van der Waals surface area contributed by atoms with Crippen LogP contribution in [0.25, 0.3) is 11.6 Å². The normalized spacial score (nSPS) is 11.9. The van der Waals surface area contributed by atoms with E-state index in [4.69, 9.17) is 10.7 Å². The molecule has 0 aliphatic rings. The fraction of sp³-hybridized carbons (Fsp3) is 0.296. The summed E-state index contributed by atoms with van der Waals surface area (Å²) in [6.07, 6.45) is 6.27. The van der Waals surface area contributed by atoms with E-state index in [1.165, 1.54) is 33.4 Å². The molecule has 0 fully saturated rings. The second-order valence-corrected chi connectivity index (χ2v) is 8.30. The first-order chi connectivity index (χ1) is 15.2. The van der Waals surface area contributed by atoms with Crippen LogP contribution in [-0.4, -0.2) is 15.0 Å². The number of nitrogen functional groups attached to an aromatic ring is 1. The maximum absolute atomic E-state index is 6.32. The highest BCUT2D eigenvalue weighted by atomic mass is 15.2. The van der Waals surface area contributed by atoms with Gasteiger partial charge < -0.3 is 11.1 Å². The van der Waals surface area contributed by atoms with Crippen molar-refractivity contribution in [3.63, 3.8) is 0 Å². The number of pyridine rings is 1. The van der Waals surface area contributed by atoms with Crippen molar-refractivity contribution < 1.29 is 0 Å². The average molecular weight is 428 g/mol. The molecule has 0 bridgehead atoms. The second-order valence-electron chi connectivity index (χ2n) is 8.30. The number of nitrogens with one attached hydrogen (secondary N) is 1. The Labute approximate surface area is 191 Å². The van der Waals surface area contributed by atoms with Gasteiger partial charge in [0.25, 0.3) is 0 Å². The van der Waals surface area contributed by atoms with Crippen molar-refractivity contribution in [2.75, 3.05) is 11.1 Å². The lowest BCUT2D eigenvalue weighted by atomic mass is 9.90. The molecule has 166 valence electrons. The van der Waals surface area contributed by atoms with Gasteiger partial charge in [-0.3, -0.25) is 0 Å². The zero-order chi connectivity index (χ0) is 23.6. The van der Waals surface area contributed by atoms with Crippen LogP contribution in [0, 0.1) is 41.5 Å². The van der Waals surface area contributed by atoms with Crippen LogP contribution in [0.4, 0.5) is 17.6 Å². The molecule has 0 aliphatic carbocycles. The number of hydrogen-bond acceptors (Lipinski definition) is 5. The monoisotopic (exact) mass is 427 g/mol. The maximum atomic E-state index is 6.32. The molecule has 5 nitrogen and oxygen atoms in total. The molecule has 0 saturated carbocycles. The molecule has 0 amide bonds. The van der Waals surface area contributed by atoms with E-state index < -0.39 is 0 Å². The second kappa shape index (κ2) is 9.35. The third-order valence-corrected chi connectivity index (χ3v) is 5.93. The van der Waals surface area contributed by atoms with Gasteiger partial charge in [-0.25, -0.2) is 9.97 Å². The summed E-state index contributed by atoms with van der Waals surface area (Å²) in [7, 11) is 0. The van der Waals surface area contributed by atoms with Crippen molar-refractivity contribution >= 4 is 29.2 Å². The van der Waals surface area contributed by atoms with E-state index >= 15 is 0 Å². The SMILES string of the molecule is C/C=C(\c1nc(Nc2cc(C)c(C)c(C)n2)nc(N)c1C)c1c(C)cc(/C=C/C)cc1C. The highest BCUT2D eigenvalue weighted by Crippen LogP contribution is 2.33. The Bertz CT molecular complexity index is 1190. The van der Waals surface area contributed by atoms with Crippen LogP contribution in [-0.2, 0) is 0 Å². The van der Waals surface area contributed by atoms with Crippen molar-refractivity contribution in [3.05, 3.63) is 80.7 Å². The first-order valence-corrected chi connectivity index (χ1v) is 10.9. The van der Waals surface area contributed by atoms with Crippen molar-refractivity contribution in [2.45, 2.75) is 55.4 Å². The minimum Gasteiger partial charge on any atom is -0.383 e. The van der Waals surface area contributed by atoms with Crippen LogP contribution in [0.1, 0.15) is 64.2 Å². The zero-order valence-electron chi connectivity index (χ0n) is 20.4. The van der Waals surface area contributed by atoms with Gasteiger partial charge >= 0.3 is 0 Å². The van der Waals surface area contributed by atoms with Gasteiger partial charge in [0.15, 0.2) is 0 Å². The number of allylic oxidation sites excluding steroid dienone is 2. The molecule has 2 aromatic heterocycles. The molecule has 0 aliphatic heterocycles. The molecule has 32 heavy (non-hydrogen) atoms. The number of benzene rings is 1. The maximum Gasteiger partial charge on any atom is 0.230 e. The van der Waals surface area contributed by atoms with Crippen LogP contribution in [0.3, 0.4) is 0 Å². The van der Waals surface area contributed by atoms with Crippen LogP contribution in [0.2, 0.25) is 0 Å². The Balaban J connectivity index is 2.11. The summed E-state index contributed by atoms with van der Waals surface area (Å²) in [4.78, 5) is 14.0. The van der Waals surface area contributed by atoms with E-state index in [1.807, 2.05) is 33.8 Å². The van der Waals surface area contributed by atoms with E-state index in [1.54, 1.807) is 0 Å². The third-order valence-electron chi connectivity index (χ3n) is 5.93. The van der Waals surface area contributed by atoms with Crippen LogP contribution in [0.15, 0.2) is 30.4 Å². The predicted octanol–water partition coefficient (Wildman–Crippen LogP) is 6.53. The molecule has 3 rings (SSSR count). The van der Waals surface area contributed by atoms with Gasteiger partial charge in [0.2, 0.25) is 5.95 Å². The molecule has 0 saturated heterocycles. The van der Waals surface area contributed by atoms with E-state index in [0.717, 1.165) is 22.5 Å². The highest BCUT2D eigenvalue weighted by Gasteiger charge is 2.18. The van der Waals surface area contributed by atoms with Crippen LogP contribution < -0.4 is 11.1 Å². The number of aromatic nitrogens is 3. The van der Waals surface area contributed by atoms with E-state index in [0.29, 0.717) is 17.6 Å². The summed E-state index contributed by atoms with van der Waals surface area (Å²) >= 11 is 0. The smallest absolute Gasteiger partial charge is 0.230 e. The van der Waals surface area contributed by atoms with Crippen LogP contribution >= 0.6 is 0 Å². The van der Waals surface area contributed by atoms with E-state index in [-0.39, 0.29) is 0 Å². The number of aryl methyl sites for hydroxylation is 4. The Kier molecular flexibility index (Phi) is 6.78. The summed E-state index contributed by atoms with van der Waals surface area (Å²) in [5.74, 6) is 1.61. The number of hydrogen-bond donors (Lipinski definition) is 2. The topological polar surface area (TPSA) is 76.7 Å². The van der Waals surface area contributed by atoms with Gasteiger partial charge in [0.05, 0.1) is 5.69 Å². The summed E-state index contributed by atoms with van der Waals surface area (Å²) < 4.78 is 0. The number of rotatable bonds is 5. The molecule has 0 radical (unpaired) electrons. The zero-order valence-corrected chi connectivity index (χ0v) is 20.4. The number of nitrogens with zero attached hydrogens (tertiary/aromatic N) is 3. The molecule has 3 aromatic rings. The molecular weight excluding hydrogens is 394 g/mol. The summed E-state index contributed by atoms with van der Waals surface area (Å²) in [6, 6.07) is 6.41. The number of anilines is 3. The highest BCUT2D eigenvalue weighted by molar-refractivity contribution is 5.84. The lowest BCUT2D eigenvalue weighted by molar-refractivity contribution is 1.08. The summed E-state index contributed by atoms with van der Waals surface area (Å²) in [5, 5.41) is 3.26. The van der Waals surface area contributed by atoms with Crippen molar-refractivity contribution in [2.24, 2.45) is 0 Å². The van der Waals surface area contributed by atoms with Gasteiger partial charge in [0, 0.05) is 16.8 Å². The molecule has 0 spiro atoms. The fourth-order valence-electron chi connectivity index (χ4n) is 4.04. The van der Waals surface area contributed by atoms with E-state index in [9.17, 15) is 0 Å². The largest absolute Gasteiger partial charge is 0.383 e. The lowest BCUT2D eigenvalue weighted by Gasteiger charge is -2.18. The molecule has 3 N–H and O–H groups in total. The van der Waals surface area contributed by atoms with Crippen molar-refractivity contribution in [3.8, 4) is 0 Å². The number of nitrogens with two attached hydrogens (primary N) is 1. The van der Waals surface area contributed by atoms with Gasteiger partial charge in [-0.05, 0) is 94.8 Å². The first kappa shape index (κ1) is 23.2. The summed E-state index contributed by atoms with van der Waals surface area (Å²) in [5.41, 5.74) is 17.2. The molecule has 5 heteroatoms. The van der Waals surface area contributed by atoms with E-state index in [2.05, 4.69) is 73.3 Å². The Morgan fingerprint density at radius 2 is 1.50 bits per heavy atom. The van der Waals surface area contributed by atoms with Gasteiger partial charge in [-0.2, -0.15) is 4.98 Å². The average Bonchev–Trinajstić information content (AvgIpc) is 2.72. The van der Waals surface area contributed by atoms with Crippen LogP contribution in [0.5, 0.6) is 0 Å². The molecule has 0 atom stereocenters. The Morgan fingerprint density at radius 1 is 0.844 bits per heavy atom. The van der Waals surface area contributed by atoms with Crippen molar-refractivity contribution in [1.29, 1.82) is 0 Å². The quantitative estimate of drug-likeness (QED) is 0.484. The summed E-state index contributed by atoms with van der Waals surface area (Å²) in [6.45, 7) is 16.5. The van der Waals surface area contributed by atoms with Gasteiger partial charge in [0.1, 0.15) is 11.6 Å². The minimum absolute atomic E-state index is 0.443. The first-order valence-electron chi connectivity index (χ1n) is 10.9. The Morgan fingerprint density at radius 3 is 2.06 bits per heavy atom. The fourth-order valence-corrected chi connectivity index (χ4v) is 4.04. The molecule has 0 unspecified atom stereocenters. The molecular formula is C27H33N5. The van der Waals surface area contributed by atoms with Gasteiger partial charge in [-0.15, -0.1) is 0 Å².